The number of benzene rings is 1. The predicted molar refractivity (Wildman–Crippen MR) is 155 cm³/mol. The highest BCUT2D eigenvalue weighted by molar-refractivity contribution is 6.53. The van der Waals surface area contributed by atoms with Crippen LogP contribution in [0.5, 0.6) is 11.5 Å². The highest BCUT2D eigenvalue weighted by Crippen LogP contribution is 2.66. The number of pyridine rings is 1. The van der Waals surface area contributed by atoms with Crippen molar-refractivity contribution >= 4 is 64.2 Å². The average molecular weight is 688 g/mol. The van der Waals surface area contributed by atoms with Gasteiger partial charge in [-0.25, -0.2) is 4.98 Å². The van der Waals surface area contributed by atoms with E-state index in [4.69, 9.17) is 39.5 Å². The van der Waals surface area contributed by atoms with E-state index >= 15 is 0 Å². The van der Waals surface area contributed by atoms with Crippen LogP contribution in [0, 0.1) is 17.8 Å². The zero-order valence-corrected chi connectivity index (χ0v) is 26.0. The minimum Gasteiger partial charge on any atom is -0.508 e. The summed E-state index contributed by atoms with van der Waals surface area (Å²) in [4.78, 5) is 55.5. The van der Waals surface area contributed by atoms with Gasteiger partial charge in [0.05, 0.1) is 24.0 Å². The largest absolute Gasteiger partial charge is 0.508 e. The zero-order chi connectivity index (χ0) is 33.0. The van der Waals surface area contributed by atoms with Gasteiger partial charge in [-0.3, -0.25) is 29.1 Å². The number of phenolic OH excluding ortho intramolecular Hbond substituents is 1. The van der Waals surface area contributed by atoms with Gasteiger partial charge in [0.1, 0.15) is 17.2 Å². The fourth-order valence-corrected chi connectivity index (χ4v) is 8.46. The van der Waals surface area contributed by atoms with Gasteiger partial charge < -0.3 is 9.84 Å². The van der Waals surface area contributed by atoms with E-state index in [0.717, 1.165) is 16.0 Å². The molecule has 3 heterocycles. The number of hydrazine groups is 1. The molecule has 1 aromatic carbocycles. The van der Waals surface area contributed by atoms with E-state index in [1.807, 2.05) is 0 Å². The first-order chi connectivity index (χ1) is 21.0. The maximum atomic E-state index is 14.2. The Morgan fingerprint density at radius 2 is 1.76 bits per heavy atom. The Balaban J connectivity index is 1.47. The third-order valence-corrected chi connectivity index (χ3v) is 11.0. The fraction of sp³-hybridized carbons (Fsp3) is 0.414. The number of imide groups is 2. The molecular weight excluding hydrogens is 664 g/mol. The molecule has 10 nitrogen and oxygen atoms in total. The number of aromatic nitrogens is 1. The second kappa shape index (κ2) is 10.2. The zero-order valence-electron chi connectivity index (χ0n) is 23.7. The number of rotatable bonds is 4. The summed E-state index contributed by atoms with van der Waals surface area (Å²) in [5.74, 6) is -7.68. The van der Waals surface area contributed by atoms with Crippen LogP contribution in [0.25, 0.3) is 0 Å². The third kappa shape index (κ3) is 4.19. The van der Waals surface area contributed by atoms with Gasteiger partial charge in [0, 0.05) is 31.6 Å². The first-order valence-electron chi connectivity index (χ1n) is 13.6. The quantitative estimate of drug-likeness (QED) is 0.284. The monoisotopic (exact) mass is 686 g/mol. The Bertz CT molecular complexity index is 1720. The molecule has 1 N–H and O–H groups in total. The van der Waals surface area contributed by atoms with Crippen LogP contribution < -0.4 is 9.75 Å². The van der Waals surface area contributed by atoms with E-state index in [1.54, 1.807) is 6.08 Å². The van der Waals surface area contributed by atoms with E-state index in [0.29, 0.717) is 22.2 Å². The Morgan fingerprint density at radius 1 is 1.07 bits per heavy atom. The molecule has 2 aromatic rings. The molecule has 3 fully saturated rings. The second-order valence-corrected chi connectivity index (χ2v) is 13.1. The number of carbonyl (C=O) groups excluding carboxylic acids is 4. The Labute approximate surface area is 269 Å². The van der Waals surface area contributed by atoms with Crippen molar-refractivity contribution in [3.63, 3.8) is 0 Å². The first kappa shape index (κ1) is 31.4. The molecule has 4 amide bonds. The topological polar surface area (TPSA) is 120 Å². The van der Waals surface area contributed by atoms with Gasteiger partial charge in [0.25, 0.3) is 23.6 Å². The van der Waals surface area contributed by atoms with E-state index in [2.05, 4.69) is 4.98 Å². The van der Waals surface area contributed by atoms with Crippen LogP contribution in [0.15, 0.2) is 42.0 Å². The number of anilines is 1. The number of methoxy groups -OCH3 is 1. The minimum absolute atomic E-state index is 0.00624. The number of likely N-dealkylation sites (tertiary alicyclic amines) is 1. The number of amides is 4. The smallest absolute Gasteiger partial charge is 0.433 e. The summed E-state index contributed by atoms with van der Waals surface area (Å²) in [5.41, 5.74) is -0.501. The molecule has 6 atom stereocenters. The summed E-state index contributed by atoms with van der Waals surface area (Å²) < 4.78 is 45.9. The van der Waals surface area contributed by atoms with Gasteiger partial charge in [-0.1, -0.05) is 29.3 Å². The lowest BCUT2D eigenvalue weighted by Gasteiger charge is -2.50. The SMILES string of the molecule is COc1cc(O)ccc1C1C2=CCC3C(=O)N(N(C)c4nc(C(F)(F)F)ccc4Cl)C(=O)C3C2CC2(Cl)C(=O)N(C)C(=O)C12Cl. The average Bonchev–Trinajstić information content (AvgIpc) is 3.31. The van der Waals surface area contributed by atoms with E-state index in [1.165, 1.54) is 39.4 Å². The molecular formula is C29H24Cl3F3N4O6. The van der Waals surface area contributed by atoms with Crippen LogP contribution in [-0.2, 0) is 25.4 Å². The lowest BCUT2D eigenvalue weighted by Crippen LogP contribution is -2.60. The van der Waals surface area contributed by atoms with Gasteiger partial charge in [-0.05, 0) is 37.0 Å². The van der Waals surface area contributed by atoms with Crippen molar-refractivity contribution in [2.45, 2.75) is 34.7 Å². The number of hydrogen-bond acceptors (Lipinski definition) is 8. The van der Waals surface area contributed by atoms with Crippen molar-refractivity contribution in [2.75, 3.05) is 26.2 Å². The number of halogens is 6. The fourth-order valence-electron chi connectivity index (χ4n) is 7.22. The van der Waals surface area contributed by atoms with Crippen molar-refractivity contribution in [3.8, 4) is 11.5 Å². The van der Waals surface area contributed by atoms with Crippen molar-refractivity contribution < 1.29 is 42.2 Å². The lowest BCUT2D eigenvalue weighted by molar-refractivity contribution is -0.141. The van der Waals surface area contributed by atoms with Gasteiger partial charge in [0.2, 0.25) is 0 Å². The van der Waals surface area contributed by atoms with Gasteiger partial charge in [-0.2, -0.15) is 18.2 Å². The van der Waals surface area contributed by atoms with E-state index < -0.39 is 74.7 Å². The lowest BCUT2D eigenvalue weighted by atomic mass is 9.56. The number of fused-ring (bicyclic) bond motifs is 4. The molecule has 0 bridgehead atoms. The summed E-state index contributed by atoms with van der Waals surface area (Å²) in [6, 6.07) is 5.78. The van der Waals surface area contributed by atoms with Crippen LogP contribution in [0.4, 0.5) is 19.0 Å². The number of carbonyl (C=O) groups is 4. The summed E-state index contributed by atoms with van der Waals surface area (Å²) in [7, 11) is 3.78. The molecule has 16 heteroatoms. The van der Waals surface area contributed by atoms with Crippen molar-refractivity contribution in [1.82, 2.24) is 14.9 Å². The standard InChI is InChI=1S/C29H24Cl3F3N4O6/c1-37-25(43)27(31)11-16-13(21(28(27,32)26(37)44)14-5-4-12(40)10-18(14)45-3)6-7-15-20(16)24(42)39(23(15)41)38(2)22-17(30)8-9-19(36-22)29(33,34)35/h4-6,8-10,15-16,20-21,40H,7,11H2,1-3H3. The summed E-state index contributed by atoms with van der Waals surface area (Å²) in [6.07, 6.45) is -3.43. The number of allylic oxidation sites excluding steroid dienone is 2. The molecule has 1 aromatic heterocycles. The summed E-state index contributed by atoms with van der Waals surface area (Å²) in [5, 5.41) is 11.5. The van der Waals surface area contributed by atoms with Gasteiger partial charge in [-0.15, -0.1) is 23.2 Å². The Hall–Kier alpha value is -3.55. The number of alkyl halides is 5. The minimum atomic E-state index is -4.82. The van der Waals surface area contributed by atoms with Crippen molar-refractivity contribution in [2.24, 2.45) is 17.8 Å². The number of hydrogen-bond donors (Lipinski definition) is 1. The Kier molecular flexibility index (Phi) is 7.15. The maximum Gasteiger partial charge on any atom is 0.433 e. The maximum absolute atomic E-state index is 14.2. The predicted octanol–water partition coefficient (Wildman–Crippen LogP) is 4.51. The molecule has 6 rings (SSSR count). The highest BCUT2D eigenvalue weighted by Gasteiger charge is 2.76. The molecule has 6 unspecified atom stereocenters. The molecule has 1 saturated carbocycles. The molecule has 4 aliphatic rings. The van der Waals surface area contributed by atoms with Gasteiger partial charge in [0.15, 0.2) is 15.6 Å². The first-order valence-corrected chi connectivity index (χ1v) is 14.7. The number of aromatic hydroxyl groups is 1. The summed E-state index contributed by atoms with van der Waals surface area (Å²) in [6.45, 7) is 0. The highest BCUT2D eigenvalue weighted by atomic mass is 35.5. The van der Waals surface area contributed by atoms with E-state index in [-0.39, 0.29) is 29.4 Å². The third-order valence-electron chi connectivity index (χ3n) is 9.24. The molecule has 2 aliphatic carbocycles. The van der Waals surface area contributed by atoms with Crippen LogP contribution in [0.1, 0.15) is 30.0 Å². The number of nitrogens with zero attached hydrogens (tertiary/aromatic N) is 4. The van der Waals surface area contributed by atoms with E-state index in [9.17, 15) is 37.5 Å². The van der Waals surface area contributed by atoms with Crippen LogP contribution in [0.3, 0.4) is 0 Å². The van der Waals surface area contributed by atoms with Crippen LogP contribution in [0.2, 0.25) is 5.02 Å². The van der Waals surface area contributed by atoms with Crippen molar-refractivity contribution in [3.05, 3.63) is 58.3 Å². The molecule has 0 spiro atoms. The molecule has 238 valence electrons. The Morgan fingerprint density at radius 3 is 2.40 bits per heavy atom. The second-order valence-electron chi connectivity index (χ2n) is 11.4. The van der Waals surface area contributed by atoms with Crippen LogP contribution >= 0.6 is 34.8 Å². The van der Waals surface area contributed by atoms with Crippen LogP contribution in [-0.4, -0.2) is 74.6 Å². The molecule has 45 heavy (non-hydrogen) atoms. The van der Waals surface area contributed by atoms with Crippen molar-refractivity contribution in [1.29, 1.82) is 0 Å². The molecule has 2 aliphatic heterocycles. The number of ether oxygens (including phenoxy) is 1. The molecule has 0 radical (unpaired) electrons. The number of phenols is 1. The molecule has 2 saturated heterocycles. The normalized spacial score (nSPS) is 31.1. The van der Waals surface area contributed by atoms with Gasteiger partial charge >= 0.3 is 6.18 Å². The summed E-state index contributed by atoms with van der Waals surface area (Å²) >= 11 is 20.4.